The Bertz CT molecular complexity index is 1150. The predicted octanol–water partition coefficient (Wildman–Crippen LogP) is 4.55. The summed E-state index contributed by atoms with van der Waals surface area (Å²) in [6.07, 6.45) is 1.49. The number of aryl methyl sites for hydroxylation is 1. The number of methoxy groups -OCH3 is 1. The molecule has 0 aliphatic heterocycles. The van der Waals surface area contributed by atoms with Crippen molar-refractivity contribution < 1.29 is 19.1 Å². The Hall–Kier alpha value is -3.65. The van der Waals surface area contributed by atoms with Gasteiger partial charge in [0, 0.05) is 15.7 Å². The van der Waals surface area contributed by atoms with E-state index in [1.54, 1.807) is 36.4 Å². The van der Waals surface area contributed by atoms with E-state index in [4.69, 9.17) is 9.47 Å². The van der Waals surface area contributed by atoms with Crippen LogP contribution in [0.3, 0.4) is 0 Å². The first kappa shape index (κ1) is 23.0. The first-order valence-electron chi connectivity index (χ1n) is 9.71. The number of rotatable bonds is 8. The molecule has 0 spiro atoms. The Morgan fingerprint density at radius 3 is 2.59 bits per heavy atom. The van der Waals surface area contributed by atoms with E-state index < -0.39 is 0 Å². The van der Waals surface area contributed by atoms with Crippen molar-refractivity contribution in [2.75, 3.05) is 19.0 Å². The maximum atomic E-state index is 12.2. The molecule has 2 N–H and O–H groups in total. The van der Waals surface area contributed by atoms with Gasteiger partial charge in [-0.1, -0.05) is 34.1 Å². The van der Waals surface area contributed by atoms with Crippen molar-refractivity contribution in [3.8, 4) is 11.5 Å². The summed E-state index contributed by atoms with van der Waals surface area (Å²) < 4.78 is 11.8. The van der Waals surface area contributed by atoms with E-state index in [2.05, 4.69) is 31.8 Å². The van der Waals surface area contributed by atoms with Gasteiger partial charge in [-0.15, -0.1) is 0 Å². The number of hydrazone groups is 1. The fraction of sp³-hybridized carbons (Fsp3) is 0.125. The highest BCUT2D eigenvalue weighted by Crippen LogP contribution is 2.27. The van der Waals surface area contributed by atoms with Crippen molar-refractivity contribution in [3.05, 3.63) is 87.9 Å². The Labute approximate surface area is 194 Å². The average molecular weight is 496 g/mol. The Morgan fingerprint density at radius 2 is 1.84 bits per heavy atom. The number of anilines is 1. The lowest BCUT2D eigenvalue weighted by molar-refractivity contribution is -0.118. The molecule has 0 unspecified atom stereocenters. The van der Waals surface area contributed by atoms with Gasteiger partial charge in [0.2, 0.25) is 0 Å². The summed E-state index contributed by atoms with van der Waals surface area (Å²) in [6.45, 7) is 1.79. The van der Waals surface area contributed by atoms with E-state index in [1.165, 1.54) is 13.3 Å². The summed E-state index contributed by atoms with van der Waals surface area (Å²) >= 11 is 3.33. The van der Waals surface area contributed by atoms with Crippen LogP contribution in [0.4, 0.5) is 5.69 Å². The van der Waals surface area contributed by atoms with Gasteiger partial charge in [0.1, 0.15) is 0 Å². The van der Waals surface area contributed by atoms with E-state index in [0.717, 1.165) is 10.0 Å². The molecular weight excluding hydrogens is 474 g/mol. The number of nitrogens with zero attached hydrogens (tertiary/aromatic N) is 1. The van der Waals surface area contributed by atoms with Gasteiger partial charge >= 0.3 is 0 Å². The van der Waals surface area contributed by atoms with E-state index in [0.29, 0.717) is 28.3 Å². The summed E-state index contributed by atoms with van der Waals surface area (Å²) in [6, 6.07) is 19.6. The number of hydrogen-bond donors (Lipinski definition) is 2. The van der Waals surface area contributed by atoms with E-state index in [9.17, 15) is 9.59 Å². The molecule has 0 heterocycles. The van der Waals surface area contributed by atoms with Crippen LogP contribution in [0, 0.1) is 6.92 Å². The smallest absolute Gasteiger partial charge is 0.271 e. The molecule has 0 aromatic heterocycles. The number of hydrogen-bond acceptors (Lipinski definition) is 5. The zero-order valence-corrected chi connectivity index (χ0v) is 19.2. The molecule has 8 heteroatoms. The van der Waals surface area contributed by atoms with E-state index in [1.807, 2.05) is 37.3 Å². The van der Waals surface area contributed by atoms with Crippen LogP contribution in [-0.4, -0.2) is 31.7 Å². The van der Waals surface area contributed by atoms with Crippen molar-refractivity contribution in [2.45, 2.75) is 6.92 Å². The second-order valence-electron chi connectivity index (χ2n) is 6.83. The Kier molecular flexibility index (Phi) is 7.99. The van der Waals surface area contributed by atoms with Gasteiger partial charge in [-0.3, -0.25) is 9.59 Å². The quantitative estimate of drug-likeness (QED) is 0.354. The van der Waals surface area contributed by atoms with Gasteiger partial charge in [-0.05, 0) is 66.6 Å². The van der Waals surface area contributed by atoms with Crippen molar-refractivity contribution in [2.24, 2.45) is 5.10 Å². The molecule has 3 aromatic carbocycles. The monoisotopic (exact) mass is 495 g/mol. The molecule has 0 aliphatic carbocycles. The van der Waals surface area contributed by atoms with Crippen LogP contribution in [0.2, 0.25) is 0 Å². The second-order valence-corrected chi connectivity index (χ2v) is 7.74. The number of nitrogens with one attached hydrogen (secondary N) is 2. The lowest BCUT2D eigenvalue weighted by atomic mass is 10.2. The molecule has 0 bridgehead atoms. The van der Waals surface area contributed by atoms with Gasteiger partial charge in [0.05, 0.1) is 13.3 Å². The molecule has 0 atom stereocenters. The lowest BCUT2D eigenvalue weighted by Gasteiger charge is -2.11. The fourth-order valence-electron chi connectivity index (χ4n) is 2.81. The number of benzene rings is 3. The first-order chi connectivity index (χ1) is 15.4. The Morgan fingerprint density at radius 1 is 1.03 bits per heavy atom. The summed E-state index contributed by atoms with van der Waals surface area (Å²) in [7, 11) is 1.50. The third-order valence-electron chi connectivity index (χ3n) is 4.31. The van der Waals surface area contributed by atoms with Gasteiger partial charge in [0.15, 0.2) is 18.1 Å². The molecule has 164 valence electrons. The molecule has 7 nitrogen and oxygen atoms in total. The molecule has 3 rings (SSSR count). The molecular formula is C24H22BrN3O4. The van der Waals surface area contributed by atoms with Crippen LogP contribution in [-0.2, 0) is 4.79 Å². The molecule has 32 heavy (non-hydrogen) atoms. The maximum absolute atomic E-state index is 12.2. The maximum Gasteiger partial charge on any atom is 0.271 e. The molecule has 2 amide bonds. The average Bonchev–Trinajstić information content (AvgIpc) is 2.78. The van der Waals surface area contributed by atoms with Crippen LogP contribution in [0.15, 0.2) is 76.3 Å². The predicted molar refractivity (Wildman–Crippen MR) is 127 cm³/mol. The van der Waals surface area contributed by atoms with E-state index in [-0.39, 0.29) is 18.4 Å². The van der Waals surface area contributed by atoms with Gasteiger partial charge in [-0.25, -0.2) is 5.43 Å². The minimum absolute atomic E-state index is 0.166. The summed E-state index contributed by atoms with van der Waals surface area (Å²) in [5.41, 5.74) is 5.42. The molecule has 0 aliphatic rings. The fourth-order valence-corrected chi connectivity index (χ4v) is 3.21. The third kappa shape index (κ3) is 6.68. The largest absolute Gasteiger partial charge is 0.493 e. The van der Waals surface area contributed by atoms with E-state index >= 15 is 0 Å². The van der Waals surface area contributed by atoms with Crippen molar-refractivity contribution in [3.63, 3.8) is 0 Å². The standard InChI is InChI=1S/C24H22BrN3O4/c1-16-5-3-8-20(11-16)27-23(29)15-32-21-10-9-17(12-22(21)31-2)14-26-28-24(30)18-6-4-7-19(25)13-18/h3-14H,15H2,1-2H3,(H,27,29)(H,28,30)/b26-14-. The normalized spacial score (nSPS) is 10.6. The van der Waals surface area contributed by atoms with Gasteiger partial charge in [0.25, 0.3) is 11.8 Å². The first-order valence-corrected chi connectivity index (χ1v) is 10.5. The number of ether oxygens (including phenoxy) is 2. The minimum atomic E-state index is -0.325. The summed E-state index contributed by atoms with van der Waals surface area (Å²) in [5.74, 6) is 0.255. The second kappa shape index (κ2) is 11.1. The van der Waals surface area contributed by atoms with Crippen molar-refractivity contribution >= 4 is 39.6 Å². The number of halogens is 1. The van der Waals surface area contributed by atoms with Crippen LogP contribution >= 0.6 is 15.9 Å². The number of carbonyl (C=O) groups excluding carboxylic acids is 2. The van der Waals surface area contributed by atoms with Crippen LogP contribution in [0.5, 0.6) is 11.5 Å². The Balaban J connectivity index is 1.57. The zero-order chi connectivity index (χ0) is 22.9. The van der Waals surface area contributed by atoms with Gasteiger partial charge < -0.3 is 14.8 Å². The summed E-state index contributed by atoms with van der Waals surface area (Å²) in [4.78, 5) is 24.3. The molecule has 0 radical (unpaired) electrons. The lowest BCUT2D eigenvalue weighted by Crippen LogP contribution is -2.20. The molecule has 3 aromatic rings. The van der Waals surface area contributed by atoms with Crippen LogP contribution < -0.4 is 20.2 Å². The number of amides is 2. The molecule has 0 saturated heterocycles. The van der Waals surface area contributed by atoms with Gasteiger partial charge in [-0.2, -0.15) is 5.10 Å². The third-order valence-corrected chi connectivity index (χ3v) is 4.81. The highest BCUT2D eigenvalue weighted by atomic mass is 79.9. The summed E-state index contributed by atoms with van der Waals surface area (Å²) in [5, 5.41) is 6.77. The SMILES string of the molecule is COc1cc(/C=N\NC(=O)c2cccc(Br)c2)ccc1OCC(=O)Nc1cccc(C)c1. The topological polar surface area (TPSA) is 89.0 Å². The van der Waals surface area contributed by atoms with Crippen molar-refractivity contribution in [1.82, 2.24) is 5.43 Å². The zero-order valence-electron chi connectivity index (χ0n) is 17.6. The van der Waals surface area contributed by atoms with Crippen LogP contribution in [0.1, 0.15) is 21.5 Å². The molecule has 0 fully saturated rings. The molecule has 0 saturated carbocycles. The highest BCUT2D eigenvalue weighted by Gasteiger charge is 2.09. The van der Waals surface area contributed by atoms with Crippen molar-refractivity contribution in [1.29, 1.82) is 0 Å². The highest BCUT2D eigenvalue weighted by molar-refractivity contribution is 9.10. The number of carbonyl (C=O) groups is 2. The van der Waals surface area contributed by atoms with Crippen LogP contribution in [0.25, 0.3) is 0 Å². The minimum Gasteiger partial charge on any atom is -0.493 e.